The minimum atomic E-state index is -0.499. The van der Waals surface area contributed by atoms with E-state index in [1.165, 1.54) is 4.90 Å². The number of benzene rings is 2. The molecule has 0 radical (unpaired) electrons. The second-order valence-electron chi connectivity index (χ2n) is 5.24. The number of rotatable bonds is 4. The number of anilines is 1. The Morgan fingerprint density at radius 2 is 1.96 bits per heavy atom. The molecule has 0 saturated carbocycles. The fourth-order valence-electron chi connectivity index (χ4n) is 2.49. The third-order valence-electron chi connectivity index (χ3n) is 3.57. The summed E-state index contributed by atoms with van der Waals surface area (Å²) in [6, 6.07) is 11.8. The molecule has 3 rings (SSSR count). The number of para-hydroxylation sites is 1. The predicted molar refractivity (Wildman–Crippen MR) is 102 cm³/mol. The molecule has 0 aromatic heterocycles. The first-order valence-electron chi connectivity index (χ1n) is 7.58. The zero-order chi connectivity index (χ0) is 18.0. The van der Waals surface area contributed by atoms with Gasteiger partial charge in [0, 0.05) is 0 Å². The lowest BCUT2D eigenvalue weighted by molar-refractivity contribution is -0.115. The molecule has 0 unspecified atom stereocenters. The largest absolute Gasteiger partial charge is 0.504 e. The molecule has 0 bridgehead atoms. The Kier molecular flexibility index (Phi) is 4.93. The molecular weight excluding hydrogens is 435 g/mol. The predicted octanol–water partition coefficient (Wildman–Crippen LogP) is 3.49. The van der Waals surface area contributed by atoms with E-state index in [9.17, 15) is 14.7 Å². The Hall–Kier alpha value is -2.55. The number of nitrogens with zero attached hydrogens (tertiary/aromatic N) is 1. The first-order valence-corrected chi connectivity index (χ1v) is 8.66. The summed E-state index contributed by atoms with van der Waals surface area (Å²) in [4.78, 5) is 25.7. The van der Waals surface area contributed by atoms with Crippen LogP contribution < -0.4 is 15.0 Å². The van der Waals surface area contributed by atoms with Gasteiger partial charge in [-0.2, -0.15) is 0 Å². The summed E-state index contributed by atoms with van der Waals surface area (Å²) in [6.45, 7) is 2.22. The maximum atomic E-state index is 12.2. The zero-order valence-corrected chi connectivity index (χ0v) is 15.5. The number of hydrogen-bond donors (Lipinski definition) is 2. The molecule has 128 valence electrons. The zero-order valence-electron chi connectivity index (χ0n) is 13.3. The highest BCUT2D eigenvalue weighted by Gasteiger charge is 2.34. The van der Waals surface area contributed by atoms with E-state index >= 15 is 0 Å². The van der Waals surface area contributed by atoms with Crippen molar-refractivity contribution in [1.82, 2.24) is 5.32 Å². The van der Waals surface area contributed by atoms with Gasteiger partial charge in [-0.15, -0.1) is 0 Å². The molecule has 6 nitrogen and oxygen atoms in total. The Morgan fingerprint density at radius 1 is 1.24 bits per heavy atom. The van der Waals surface area contributed by atoms with E-state index in [1.54, 1.807) is 42.5 Å². The van der Waals surface area contributed by atoms with Gasteiger partial charge < -0.3 is 9.84 Å². The second-order valence-corrected chi connectivity index (χ2v) is 6.40. The number of nitrogens with one attached hydrogen (secondary N) is 1. The Morgan fingerprint density at radius 3 is 2.64 bits per heavy atom. The first-order chi connectivity index (χ1) is 12.0. The number of imide groups is 1. The SMILES string of the molecule is CCOc1cc(/C=C2\C(=O)NC(=O)N2c2ccccc2)cc(I)c1O. The van der Waals surface area contributed by atoms with Crippen molar-refractivity contribution in [1.29, 1.82) is 0 Å². The Labute approximate surface area is 158 Å². The van der Waals surface area contributed by atoms with Gasteiger partial charge in [-0.05, 0) is 65.4 Å². The first kappa shape index (κ1) is 17.3. The van der Waals surface area contributed by atoms with Crippen molar-refractivity contribution >= 4 is 46.3 Å². The Bertz CT molecular complexity index is 865. The van der Waals surface area contributed by atoms with Gasteiger partial charge in [-0.3, -0.25) is 15.0 Å². The van der Waals surface area contributed by atoms with Gasteiger partial charge in [0.2, 0.25) is 0 Å². The quantitative estimate of drug-likeness (QED) is 0.425. The van der Waals surface area contributed by atoms with E-state index in [-0.39, 0.29) is 11.4 Å². The van der Waals surface area contributed by atoms with Crippen LogP contribution in [-0.4, -0.2) is 23.7 Å². The molecule has 1 aliphatic rings. The fourth-order valence-corrected chi connectivity index (χ4v) is 3.12. The number of ether oxygens (including phenoxy) is 1. The van der Waals surface area contributed by atoms with Crippen molar-refractivity contribution in [2.75, 3.05) is 11.5 Å². The second kappa shape index (κ2) is 7.14. The maximum absolute atomic E-state index is 12.2. The lowest BCUT2D eigenvalue weighted by atomic mass is 10.1. The molecule has 25 heavy (non-hydrogen) atoms. The van der Waals surface area contributed by atoms with Crippen LogP contribution in [0.2, 0.25) is 0 Å². The summed E-state index contributed by atoms with van der Waals surface area (Å²) < 4.78 is 6.01. The number of halogens is 1. The topological polar surface area (TPSA) is 78.9 Å². The van der Waals surface area contributed by atoms with Crippen LogP contribution >= 0.6 is 22.6 Å². The van der Waals surface area contributed by atoms with Crippen LogP contribution in [0, 0.1) is 3.57 Å². The normalized spacial score (nSPS) is 15.6. The minimum absolute atomic E-state index is 0.0523. The summed E-state index contributed by atoms with van der Waals surface area (Å²) >= 11 is 1.99. The third-order valence-corrected chi connectivity index (χ3v) is 4.39. The molecule has 2 aromatic carbocycles. The van der Waals surface area contributed by atoms with E-state index in [0.717, 1.165) is 0 Å². The van der Waals surface area contributed by atoms with Gasteiger partial charge in [-0.1, -0.05) is 18.2 Å². The molecule has 0 atom stereocenters. The summed E-state index contributed by atoms with van der Waals surface area (Å²) in [6.07, 6.45) is 1.59. The number of aromatic hydroxyl groups is 1. The number of amides is 3. The molecule has 1 fully saturated rings. The van der Waals surface area contributed by atoms with E-state index in [4.69, 9.17) is 4.74 Å². The van der Waals surface area contributed by atoms with E-state index in [0.29, 0.717) is 27.2 Å². The number of hydrogen-bond acceptors (Lipinski definition) is 4. The summed E-state index contributed by atoms with van der Waals surface area (Å²) in [7, 11) is 0. The summed E-state index contributed by atoms with van der Waals surface area (Å²) in [5, 5.41) is 12.3. The highest BCUT2D eigenvalue weighted by Crippen LogP contribution is 2.34. The number of phenols is 1. The van der Waals surface area contributed by atoms with Gasteiger partial charge in [0.1, 0.15) is 5.70 Å². The van der Waals surface area contributed by atoms with E-state index in [1.807, 2.05) is 35.6 Å². The molecule has 1 heterocycles. The number of carbonyl (C=O) groups is 2. The van der Waals surface area contributed by atoms with Gasteiger partial charge in [0.15, 0.2) is 11.5 Å². The molecular formula is C18H15IN2O4. The summed E-state index contributed by atoms with van der Waals surface area (Å²) in [5.41, 5.74) is 1.45. The van der Waals surface area contributed by atoms with Crippen LogP contribution in [0.3, 0.4) is 0 Å². The van der Waals surface area contributed by atoms with Gasteiger partial charge in [0.05, 0.1) is 15.9 Å². The van der Waals surface area contributed by atoms with Crippen molar-refractivity contribution in [3.63, 3.8) is 0 Å². The summed E-state index contributed by atoms with van der Waals surface area (Å²) in [5.74, 6) is -0.0939. The number of carbonyl (C=O) groups excluding carboxylic acids is 2. The van der Waals surface area contributed by atoms with Crippen LogP contribution in [-0.2, 0) is 4.79 Å². The number of urea groups is 1. The van der Waals surface area contributed by atoms with Crippen LogP contribution in [0.25, 0.3) is 6.08 Å². The van der Waals surface area contributed by atoms with Gasteiger partial charge in [-0.25, -0.2) is 4.79 Å². The molecule has 1 aliphatic heterocycles. The molecule has 0 aliphatic carbocycles. The van der Waals surface area contributed by atoms with E-state index < -0.39 is 11.9 Å². The number of phenolic OH excluding ortho intramolecular Hbond substituents is 1. The van der Waals surface area contributed by atoms with Crippen molar-refractivity contribution < 1.29 is 19.4 Å². The highest BCUT2D eigenvalue weighted by atomic mass is 127. The molecule has 2 N–H and O–H groups in total. The van der Waals surface area contributed by atoms with Gasteiger partial charge >= 0.3 is 6.03 Å². The van der Waals surface area contributed by atoms with Crippen LogP contribution in [0.4, 0.5) is 10.5 Å². The standard InChI is InChI=1S/C18H15IN2O4/c1-2-25-15-10-11(8-13(19)16(15)22)9-14-17(23)20-18(24)21(14)12-6-4-3-5-7-12/h3-10,22H,2H2,1H3,(H,20,23,24)/b14-9+. The average Bonchev–Trinajstić information content (AvgIpc) is 2.87. The van der Waals surface area contributed by atoms with Crippen LogP contribution in [0.1, 0.15) is 12.5 Å². The van der Waals surface area contributed by atoms with Crippen molar-refractivity contribution in [3.05, 3.63) is 57.3 Å². The minimum Gasteiger partial charge on any atom is -0.504 e. The Balaban J connectivity index is 2.07. The lowest BCUT2D eigenvalue weighted by Crippen LogP contribution is -2.27. The third kappa shape index (κ3) is 3.46. The monoisotopic (exact) mass is 450 g/mol. The smallest absolute Gasteiger partial charge is 0.333 e. The van der Waals surface area contributed by atoms with Crippen LogP contribution in [0.15, 0.2) is 48.2 Å². The highest BCUT2D eigenvalue weighted by molar-refractivity contribution is 14.1. The van der Waals surface area contributed by atoms with Gasteiger partial charge in [0.25, 0.3) is 5.91 Å². The fraction of sp³-hybridized carbons (Fsp3) is 0.111. The maximum Gasteiger partial charge on any atom is 0.333 e. The van der Waals surface area contributed by atoms with E-state index in [2.05, 4.69) is 5.32 Å². The molecule has 2 aromatic rings. The molecule has 1 saturated heterocycles. The molecule has 3 amide bonds. The van der Waals surface area contributed by atoms with Crippen LogP contribution in [0.5, 0.6) is 11.5 Å². The molecule has 0 spiro atoms. The van der Waals surface area contributed by atoms with Crippen molar-refractivity contribution in [3.8, 4) is 11.5 Å². The van der Waals surface area contributed by atoms with Crippen molar-refractivity contribution in [2.45, 2.75) is 6.92 Å². The average molecular weight is 450 g/mol. The lowest BCUT2D eigenvalue weighted by Gasteiger charge is -2.15. The molecule has 7 heteroatoms. The van der Waals surface area contributed by atoms with Crippen molar-refractivity contribution in [2.24, 2.45) is 0 Å².